The van der Waals surface area contributed by atoms with Crippen LogP contribution in [0.15, 0.2) is 18.3 Å². The Morgan fingerprint density at radius 1 is 1.35 bits per heavy atom. The number of aromatic hydroxyl groups is 1. The highest BCUT2D eigenvalue weighted by atomic mass is 16.5. The van der Waals surface area contributed by atoms with Crippen LogP contribution in [-0.2, 0) is 9.53 Å². The van der Waals surface area contributed by atoms with E-state index in [0.29, 0.717) is 6.61 Å². The molecule has 0 aliphatic heterocycles. The third kappa shape index (κ3) is 5.69. The molecule has 1 aromatic heterocycles. The Morgan fingerprint density at radius 3 is 2.85 bits per heavy atom. The molecule has 0 aliphatic carbocycles. The predicted octanol–water partition coefficient (Wildman–Crippen LogP) is 1.64. The first kappa shape index (κ1) is 15.9. The fourth-order valence-electron chi connectivity index (χ4n) is 1.57. The van der Waals surface area contributed by atoms with Crippen LogP contribution in [0.4, 0.5) is 0 Å². The molecule has 0 unspecified atom stereocenters. The number of nitrogens with one attached hydrogen (secondary N) is 1. The van der Waals surface area contributed by atoms with Crippen LogP contribution >= 0.6 is 0 Å². The zero-order chi connectivity index (χ0) is 14.8. The molecular weight excluding hydrogens is 260 g/mol. The van der Waals surface area contributed by atoms with Crippen molar-refractivity contribution >= 4 is 11.9 Å². The molecule has 0 aliphatic rings. The zero-order valence-corrected chi connectivity index (χ0v) is 11.6. The third-order valence-electron chi connectivity index (χ3n) is 2.66. The van der Waals surface area contributed by atoms with E-state index in [9.17, 15) is 14.7 Å². The molecule has 0 bridgehead atoms. The summed E-state index contributed by atoms with van der Waals surface area (Å²) in [6, 6.07) is 2.87. The molecule has 6 heteroatoms. The molecule has 1 amide bonds. The van der Waals surface area contributed by atoms with Crippen LogP contribution in [0.5, 0.6) is 5.75 Å². The average Bonchev–Trinajstić information content (AvgIpc) is 2.45. The summed E-state index contributed by atoms with van der Waals surface area (Å²) in [7, 11) is 0. The van der Waals surface area contributed by atoms with Gasteiger partial charge >= 0.3 is 5.97 Å². The van der Waals surface area contributed by atoms with E-state index in [4.69, 9.17) is 4.74 Å². The average molecular weight is 280 g/mol. The molecule has 0 saturated carbocycles. The zero-order valence-electron chi connectivity index (χ0n) is 11.6. The first-order chi connectivity index (χ1) is 9.65. The number of esters is 1. The Balaban J connectivity index is 2.24. The fraction of sp³-hybridized carbons (Fsp3) is 0.500. The minimum atomic E-state index is -0.606. The van der Waals surface area contributed by atoms with Crippen molar-refractivity contribution in [3.8, 4) is 5.75 Å². The summed E-state index contributed by atoms with van der Waals surface area (Å²) in [5.74, 6) is -1.32. The van der Waals surface area contributed by atoms with Gasteiger partial charge in [0.25, 0.3) is 5.91 Å². The van der Waals surface area contributed by atoms with E-state index in [1.165, 1.54) is 18.3 Å². The molecule has 1 heterocycles. The van der Waals surface area contributed by atoms with Gasteiger partial charge in [-0.2, -0.15) is 0 Å². The van der Waals surface area contributed by atoms with Crippen LogP contribution in [-0.4, -0.2) is 35.1 Å². The first-order valence-electron chi connectivity index (χ1n) is 6.73. The van der Waals surface area contributed by atoms with Crippen molar-refractivity contribution in [3.63, 3.8) is 0 Å². The topological polar surface area (TPSA) is 88.5 Å². The molecule has 0 fully saturated rings. The summed E-state index contributed by atoms with van der Waals surface area (Å²) in [6.07, 6.45) is 5.48. The van der Waals surface area contributed by atoms with Gasteiger partial charge in [0.05, 0.1) is 6.61 Å². The number of hydrogen-bond donors (Lipinski definition) is 2. The molecule has 110 valence electrons. The van der Waals surface area contributed by atoms with Crippen molar-refractivity contribution in [2.75, 3.05) is 13.2 Å². The van der Waals surface area contributed by atoms with Gasteiger partial charge in [-0.3, -0.25) is 9.59 Å². The lowest BCUT2D eigenvalue weighted by Crippen LogP contribution is -2.31. The number of unbranched alkanes of at least 4 members (excludes halogenated alkanes) is 3. The van der Waals surface area contributed by atoms with Gasteiger partial charge in [0.2, 0.25) is 0 Å². The number of nitrogens with zero attached hydrogens (tertiary/aromatic N) is 1. The van der Waals surface area contributed by atoms with Crippen molar-refractivity contribution in [2.45, 2.75) is 32.6 Å². The molecule has 2 N–H and O–H groups in total. The quantitative estimate of drug-likeness (QED) is 0.558. The normalized spacial score (nSPS) is 10.1. The van der Waals surface area contributed by atoms with E-state index in [1.807, 2.05) is 0 Å². The molecular formula is C14H20N2O4. The maximum Gasteiger partial charge on any atom is 0.325 e. The second-order valence-electron chi connectivity index (χ2n) is 4.33. The second kappa shape index (κ2) is 8.90. The summed E-state index contributed by atoms with van der Waals surface area (Å²) in [6.45, 7) is 2.24. The van der Waals surface area contributed by atoms with Crippen LogP contribution in [0, 0.1) is 0 Å². The minimum absolute atomic E-state index is 0.108. The Hall–Kier alpha value is -2.11. The van der Waals surface area contributed by atoms with E-state index in [1.54, 1.807) is 0 Å². The number of rotatable bonds is 8. The maximum absolute atomic E-state index is 11.6. The summed E-state index contributed by atoms with van der Waals surface area (Å²) >= 11 is 0. The highest BCUT2D eigenvalue weighted by Crippen LogP contribution is 2.11. The highest BCUT2D eigenvalue weighted by molar-refractivity contribution is 5.96. The highest BCUT2D eigenvalue weighted by Gasteiger charge is 2.13. The Kier molecular flexibility index (Phi) is 7.10. The van der Waals surface area contributed by atoms with E-state index in [2.05, 4.69) is 17.2 Å². The van der Waals surface area contributed by atoms with Gasteiger partial charge in [0.1, 0.15) is 12.3 Å². The van der Waals surface area contributed by atoms with Gasteiger partial charge in [0.15, 0.2) is 5.69 Å². The number of ether oxygens (including phenoxy) is 1. The van der Waals surface area contributed by atoms with Gasteiger partial charge in [-0.05, 0) is 18.6 Å². The number of aromatic nitrogens is 1. The molecule has 0 radical (unpaired) electrons. The maximum atomic E-state index is 11.6. The van der Waals surface area contributed by atoms with Crippen molar-refractivity contribution < 1.29 is 19.4 Å². The van der Waals surface area contributed by atoms with Crippen LogP contribution in [0.2, 0.25) is 0 Å². The van der Waals surface area contributed by atoms with Crippen molar-refractivity contribution in [3.05, 3.63) is 24.0 Å². The van der Waals surface area contributed by atoms with Gasteiger partial charge in [-0.25, -0.2) is 4.98 Å². The van der Waals surface area contributed by atoms with Crippen LogP contribution < -0.4 is 5.32 Å². The van der Waals surface area contributed by atoms with Crippen molar-refractivity contribution in [2.24, 2.45) is 0 Å². The Bertz CT molecular complexity index is 449. The van der Waals surface area contributed by atoms with E-state index >= 15 is 0 Å². The lowest BCUT2D eigenvalue weighted by atomic mass is 10.2. The number of carbonyl (C=O) groups is 2. The van der Waals surface area contributed by atoms with Crippen LogP contribution in [0.1, 0.15) is 43.1 Å². The van der Waals surface area contributed by atoms with E-state index < -0.39 is 11.9 Å². The summed E-state index contributed by atoms with van der Waals surface area (Å²) in [5.41, 5.74) is -0.108. The monoisotopic (exact) mass is 280 g/mol. The van der Waals surface area contributed by atoms with Crippen molar-refractivity contribution in [1.82, 2.24) is 10.3 Å². The lowest BCUT2D eigenvalue weighted by molar-refractivity contribution is -0.142. The molecule has 20 heavy (non-hydrogen) atoms. The smallest absolute Gasteiger partial charge is 0.325 e. The van der Waals surface area contributed by atoms with Crippen molar-refractivity contribution in [1.29, 1.82) is 0 Å². The molecule has 0 spiro atoms. The van der Waals surface area contributed by atoms with Gasteiger partial charge in [-0.1, -0.05) is 26.2 Å². The van der Waals surface area contributed by atoms with E-state index in [0.717, 1.165) is 25.7 Å². The standard InChI is InChI=1S/C14H20N2O4/c1-2-3-4-5-9-20-12(18)10-16-14(19)13-11(17)7-6-8-15-13/h6-8,17H,2-5,9-10H2,1H3,(H,16,19). The summed E-state index contributed by atoms with van der Waals surface area (Å²) in [5, 5.41) is 11.8. The SMILES string of the molecule is CCCCCCOC(=O)CNC(=O)c1ncccc1O. The number of carbonyl (C=O) groups excluding carboxylic acids is 2. The van der Waals surface area contributed by atoms with Gasteiger partial charge in [0, 0.05) is 6.20 Å². The lowest BCUT2D eigenvalue weighted by Gasteiger charge is -2.06. The first-order valence-corrected chi connectivity index (χ1v) is 6.73. The molecule has 0 saturated heterocycles. The predicted molar refractivity (Wildman–Crippen MR) is 73.3 cm³/mol. The van der Waals surface area contributed by atoms with E-state index in [-0.39, 0.29) is 18.0 Å². The minimum Gasteiger partial charge on any atom is -0.505 e. The number of amides is 1. The molecule has 6 nitrogen and oxygen atoms in total. The van der Waals surface area contributed by atoms with Crippen LogP contribution in [0.25, 0.3) is 0 Å². The number of hydrogen-bond acceptors (Lipinski definition) is 5. The van der Waals surface area contributed by atoms with Crippen LogP contribution in [0.3, 0.4) is 0 Å². The summed E-state index contributed by atoms with van der Waals surface area (Å²) in [4.78, 5) is 26.8. The molecule has 0 aromatic carbocycles. The third-order valence-corrected chi connectivity index (χ3v) is 2.66. The summed E-state index contributed by atoms with van der Waals surface area (Å²) < 4.78 is 4.97. The molecule has 0 atom stereocenters. The second-order valence-corrected chi connectivity index (χ2v) is 4.33. The fourth-order valence-corrected chi connectivity index (χ4v) is 1.57. The van der Waals surface area contributed by atoms with Gasteiger partial charge in [-0.15, -0.1) is 0 Å². The Labute approximate surface area is 118 Å². The Morgan fingerprint density at radius 2 is 2.15 bits per heavy atom. The number of pyridine rings is 1. The van der Waals surface area contributed by atoms with Gasteiger partial charge < -0.3 is 15.2 Å². The molecule has 1 rings (SSSR count). The molecule has 1 aromatic rings. The largest absolute Gasteiger partial charge is 0.505 e.